The molecule has 0 saturated carbocycles. The average molecular weight is 489 g/mol. The molecular weight excluding hydrogens is 464 g/mol. The van der Waals surface area contributed by atoms with Crippen molar-refractivity contribution in [3.8, 4) is 5.75 Å². The molecule has 4 N–H and O–H groups in total. The predicted molar refractivity (Wildman–Crippen MR) is 133 cm³/mol. The van der Waals surface area contributed by atoms with E-state index in [2.05, 4.69) is 10.6 Å². The van der Waals surface area contributed by atoms with Gasteiger partial charge in [-0.3, -0.25) is 19.2 Å². The van der Waals surface area contributed by atoms with E-state index in [9.17, 15) is 19.2 Å². The van der Waals surface area contributed by atoms with E-state index in [0.29, 0.717) is 35.7 Å². The summed E-state index contributed by atoms with van der Waals surface area (Å²) < 4.78 is 10.2. The topological polar surface area (TPSA) is 140 Å². The van der Waals surface area contributed by atoms with Gasteiger partial charge in [0.15, 0.2) is 0 Å². The van der Waals surface area contributed by atoms with Crippen molar-refractivity contribution in [2.75, 3.05) is 42.4 Å². The van der Waals surface area contributed by atoms with Crippen LogP contribution in [-0.2, 0) is 9.53 Å². The molecule has 184 valence electrons. The summed E-state index contributed by atoms with van der Waals surface area (Å²) in [6, 6.07) is 17.4. The molecule has 0 aliphatic carbocycles. The van der Waals surface area contributed by atoms with E-state index in [-0.39, 0.29) is 29.5 Å². The summed E-state index contributed by atoms with van der Waals surface area (Å²) in [5.74, 6) is -1.12. The van der Waals surface area contributed by atoms with Crippen molar-refractivity contribution in [2.45, 2.75) is 0 Å². The number of morpholine rings is 1. The van der Waals surface area contributed by atoms with Crippen molar-refractivity contribution in [2.24, 2.45) is 5.73 Å². The maximum absolute atomic E-state index is 12.9. The van der Waals surface area contributed by atoms with E-state index in [1.807, 2.05) is 0 Å². The van der Waals surface area contributed by atoms with Crippen molar-refractivity contribution in [3.05, 3.63) is 83.4 Å². The molecule has 10 heteroatoms. The Labute approximate surface area is 207 Å². The molecule has 4 amide bonds. The summed E-state index contributed by atoms with van der Waals surface area (Å²) in [5, 5.41) is 5.46. The molecule has 1 aliphatic heterocycles. The molecule has 1 fully saturated rings. The first-order valence-electron chi connectivity index (χ1n) is 11.0. The number of hydrogen-bond donors (Lipinski definition) is 3. The largest absolute Gasteiger partial charge is 0.497 e. The zero-order valence-electron chi connectivity index (χ0n) is 19.4. The van der Waals surface area contributed by atoms with Crippen LogP contribution in [0.1, 0.15) is 31.1 Å². The van der Waals surface area contributed by atoms with Crippen LogP contribution in [0.3, 0.4) is 0 Å². The van der Waals surface area contributed by atoms with Gasteiger partial charge in [0.05, 0.1) is 25.1 Å². The van der Waals surface area contributed by atoms with Crippen LogP contribution in [0.2, 0.25) is 0 Å². The first kappa shape index (κ1) is 24.4. The Balaban J connectivity index is 1.53. The molecule has 0 radical (unpaired) electrons. The molecule has 0 bridgehead atoms. The van der Waals surface area contributed by atoms with Gasteiger partial charge in [0.1, 0.15) is 12.4 Å². The van der Waals surface area contributed by atoms with Crippen LogP contribution in [0.5, 0.6) is 5.75 Å². The fourth-order valence-electron chi connectivity index (χ4n) is 3.63. The van der Waals surface area contributed by atoms with Gasteiger partial charge in [-0.05, 0) is 66.7 Å². The van der Waals surface area contributed by atoms with Crippen LogP contribution in [-0.4, -0.2) is 50.5 Å². The number of primary amides is 1. The highest BCUT2D eigenvalue weighted by Gasteiger charge is 2.21. The third kappa shape index (κ3) is 5.50. The van der Waals surface area contributed by atoms with Crippen LogP contribution in [0.4, 0.5) is 17.1 Å². The number of benzene rings is 3. The van der Waals surface area contributed by atoms with Crippen LogP contribution < -0.4 is 26.0 Å². The first-order chi connectivity index (χ1) is 17.4. The molecule has 0 unspecified atom stereocenters. The number of amides is 4. The zero-order valence-corrected chi connectivity index (χ0v) is 19.4. The van der Waals surface area contributed by atoms with Gasteiger partial charge in [-0.15, -0.1) is 0 Å². The molecule has 1 heterocycles. The Morgan fingerprint density at radius 1 is 0.861 bits per heavy atom. The number of ether oxygens (including phenoxy) is 2. The summed E-state index contributed by atoms with van der Waals surface area (Å²) >= 11 is 0. The van der Waals surface area contributed by atoms with Gasteiger partial charge >= 0.3 is 0 Å². The van der Waals surface area contributed by atoms with E-state index in [0.717, 1.165) is 0 Å². The maximum atomic E-state index is 12.9. The Hall–Kier alpha value is -4.70. The number of hydrogen-bond acceptors (Lipinski definition) is 6. The van der Waals surface area contributed by atoms with Gasteiger partial charge in [0.25, 0.3) is 17.7 Å². The number of anilines is 3. The smallest absolute Gasteiger partial charge is 0.255 e. The molecule has 4 rings (SSSR count). The Kier molecular flexibility index (Phi) is 7.26. The minimum absolute atomic E-state index is 0.0224. The SMILES string of the molecule is COc1ccc(C(=O)Nc2cc(C(N)=O)ccc2NC(=O)c2ccc(N3CCOCC3=O)cc2)cc1. The van der Waals surface area contributed by atoms with Crippen molar-refractivity contribution >= 4 is 40.7 Å². The van der Waals surface area contributed by atoms with Crippen molar-refractivity contribution in [1.82, 2.24) is 0 Å². The number of methoxy groups -OCH3 is 1. The van der Waals surface area contributed by atoms with Gasteiger partial charge in [-0.25, -0.2) is 0 Å². The van der Waals surface area contributed by atoms with E-state index < -0.39 is 17.7 Å². The lowest BCUT2D eigenvalue weighted by atomic mass is 10.1. The van der Waals surface area contributed by atoms with Gasteiger partial charge < -0.3 is 30.7 Å². The third-order valence-electron chi connectivity index (χ3n) is 5.58. The maximum Gasteiger partial charge on any atom is 0.255 e. The van der Waals surface area contributed by atoms with Crippen LogP contribution in [0.15, 0.2) is 66.7 Å². The highest BCUT2D eigenvalue weighted by molar-refractivity contribution is 6.11. The second-order valence-corrected chi connectivity index (χ2v) is 7.91. The third-order valence-corrected chi connectivity index (χ3v) is 5.58. The number of nitrogens with two attached hydrogens (primary N) is 1. The molecule has 3 aromatic rings. The number of rotatable bonds is 7. The zero-order chi connectivity index (χ0) is 25.7. The fraction of sp³-hybridized carbons (Fsp3) is 0.154. The van der Waals surface area contributed by atoms with Crippen LogP contribution in [0.25, 0.3) is 0 Å². The second-order valence-electron chi connectivity index (χ2n) is 7.91. The molecule has 3 aromatic carbocycles. The van der Waals surface area contributed by atoms with Crippen molar-refractivity contribution in [1.29, 1.82) is 0 Å². The summed E-state index contributed by atoms with van der Waals surface area (Å²) in [7, 11) is 1.52. The molecule has 0 atom stereocenters. The van der Waals surface area contributed by atoms with E-state index >= 15 is 0 Å². The van der Waals surface area contributed by atoms with Crippen molar-refractivity contribution < 1.29 is 28.7 Å². The van der Waals surface area contributed by atoms with E-state index in [1.165, 1.54) is 25.3 Å². The number of carbonyl (C=O) groups excluding carboxylic acids is 4. The van der Waals surface area contributed by atoms with Crippen LogP contribution >= 0.6 is 0 Å². The lowest BCUT2D eigenvalue weighted by molar-refractivity contribution is -0.125. The second kappa shape index (κ2) is 10.7. The molecule has 36 heavy (non-hydrogen) atoms. The average Bonchev–Trinajstić information content (AvgIpc) is 2.90. The minimum atomic E-state index is -0.680. The van der Waals surface area contributed by atoms with E-state index in [4.69, 9.17) is 15.2 Å². The minimum Gasteiger partial charge on any atom is -0.497 e. The van der Waals surface area contributed by atoms with Crippen LogP contribution in [0, 0.1) is 0 Å². The monoisotopic (exact) mass is 488 g/mol. The summed E-state index contributed by atoms with van der Waals surface area (Å²) in [6.45, 7) is 0.905. The normalized spacial score (nSPS) is 13.1. The molecule has 1 aliphatic rings. The van der Waals surface area contributed by atoms with Gasteiger partial charge in [-0.1, -0.05) is 0 Å². The molecule has 1 saturated heterocycles. The summed E-state index contributed by atoms with van der Waals surface area (Å²) in [6.07, 6.45) is 0. The lowest BCUT2D eigenvalue weighted by Crippen LogP contribution is -2.41. The summed E-state index contributed by atoms with van der Waals surface area (Å²) in [4.78, 5) is 51.1. The standard InChI is InChI=1S/C26H24N4O6/c1-35-20-9-4-17(5-10-20)26(34)29-22-14-18(24(27)32)6-11-21(22)28-25(33)16-2-7-19(8-3-16)30-12-13-36-15-23(30)31/h2-11,14H,12-13,15H2,1H3,(H2,27,32)(H,28,33)(H,29,34). The summed E-state index contributed by atoms with van der Waals surface area (Å²) in [5.41, 5.74) is 7.40. The van der Waals surface area contributed by atoms with Gasteiger partial charge in [0, 0.05) is 28.9 Å². The Morgan fingerprint density at radius 2 is 1.44 bits per heavy atom. The highest BCUT2D eigenvalue weighted by atomic mass is 16.5. The number of nitrogens with zero attached hydrogens (tertiary/aromatic N) is 1. The number of carbonyl (C=O) groups is 4. The highest BCUT2D eigenvalue weighted by Crippen LogP contribution is 2.26. The fourth-order valence-corrected chi connectivity index (χ4v) is 3.63. The van der Waals surface area contributed by atoms with Gasteiger partial charge in [-0.2, -0.15) is 0 Å². The number of nitrogens with one attached hydrogen (secondary N) is 2. The molecule has 0 spiro atoms. The Bertz CT molecular complexity index is 1310. The van der Waals surface area contributed by atoms with Gasteiger partial charge in [0.2, 0.25) is 5.91 Å². The van der Waals surface area contributed by atoms with Crippen molar-refractivity contribution in [3.63, 3.8) is 0 Å². The van der Waals surface area contributed by atoms with E-state index in [1.54, 1.807) is 53.4 Å². The molecule has 10 nitrogen and oxygen atoms in total. The molecular formula is C26H24N4O6. The Morgan fingerprint density at radius 3 is 2.03 bits per heavy atom. The predicted octanol–water partition coefficient (Wildman–Crippen LogP) is 2.66. The molecule has 0 aromatic heterocycles. The first-order valence-corrected chi connectivity index (χ1v) is 11.0. The lowest BCUT2D eigenvalue weighted by Gasteiger charge is -2.26. The quantitative estimate of drug-likeness (QED) is 0.467.